The highest BCUT2D eigenvalue weighted by Gasteiger charge is 2.17. The van der Waals surface area contributed by atoms with Gasteiger partial charge in [0.15, 0.2) is 0 Å². The van der Waals surface area contributed by atoms with Gasteiger partial charge >= 0.3 is 0 Å². The molecule has 1 aromatic heterocycles. The molecule has 0 aliphatic heterocycles. The van der Waals surface area contributed by atoms with E-state index < -0.39 is 5.82 Å². The fourth-order valence-electron chi connectivity index (χ4n) is 2.45. The fourth-order valence-corrected chi connectivity index (χ4v) is 2.45. The van der Waals surface area contributed by atoms with Gasteiger partial charge in [-0.25, -0.2) is 4.39 Å². The molecule has 1 heterocycles. The van der Waals surface area contributed by atoms with Gasteiger partial charge in [0, 0.05) is 5.69 Å². The number of rotatable bonds is 6. The summed E-state index contributed by atoms with van der Waals surface area (Å²) in [6.45, 7) is 0.0662. The van der Waals surface area contributed by atoms with E-state index in [-0.39, 0.29) is 18.5 Å². The maximum Gasteiger partial charge on any atom is 0.238 e. The zero-order valence-corrected chi connectivity index (χ0v) is 12.9. The topological polar surface area (TPSA) is 54.3 Å². The van der Waals surface area contributed by atoms with Crippen molar-refractivity contribution in [3.8, 4) is 0 Å². The first kappa shape index (κ1) is 16.0. The van der Waals surface area contributed by atoms with Gasteiger partial charge in [0.2, 0.25) is 5.91 Å². The Morgan fingerprint density at radius 2 is 1.88 bits per heavy atom. The zero-order valence-electron chi connectivity index (χ0n) is 12.9. The van der Waals surface area contributed by atoms with E-state index in [4.69, 9.17) is 4.42 Å². The second-order valence-corrected chi connectivity index (χ2v) is 5.30. The van der Waals surface area contributed by atoms with Gasteiger partial charge in [-0.05, 0) is 35.9 Å². The Hall–Kier alpha value is -2.92. The fraction of sp³-hybridized carbons (Fsp3) is 0.105. The van der Waals surface area contributed by atoms with Crippen LogP contribution in [0.15, 0.2) is 77.4 Å². The number of benzene rings is 2. The molecule has 0 bridgehead atoms. The molecule has 0 fully saturated rings. The summed E-state index contributed by atoms with van der Waals surface area (Å²) in [6.07, 6.45) is 1.60. The highest BCUT2D eigenvalue weighted by atomic mass is 19.1. The van der Waals surface area contributed by atoms with Gasteiger partial charge in [-0.3, -0.25) is 10.1 Å². The molecule has 0 saturated heterocycles. The van der Waals surface area contributed by atoms with E-state index in [1.165, 1.54) is 12.1 Å². The quantitative estimate of drug-likeness (QED) is 0.726. The third-order valence-corrected chi connectivity index (χ3v) is 3.54. The molecule has 1 atom stereocenters. The third-order valence-electron chi connectivity index (χ3n) is 3.54. The summed E-state index contributed by atoms with van der Waals surface area (Å²) in [4.78, 5) is 12.1. The minimum Gasteiger partial charge on any atom is -0.467 e. The van der Waals surface area contributed by atoms with E-state index >= 15 is 0 Å². The van der Waals surface area contributed by atoms with Gasteiger partial charge < -0.3 is 9.73 Å². The summed E-state index contributed by atoms with van der Waals surface area (Å²) in [6, 6.07) is 18.9. The Kier molecular flexibility index (Phi) is 5.03. The predicted octanol–water partition coefficient (Wildman–Crippen LogP) is 3.74. The van der Waals surface area contributed by atoms with E-state index in [2.05, 4.69) is 10.6 Å². The molecule has 4 nitrogen and oxygen atoms in total. The lowest BCUT2D eigenvalue weighted by Gasteiger charge is -2.17. The lowest BCUT2D eigenvalue weighted by Crippen LogP contribution is -2.31. The molecule has 2 N–H and O–H groups in total. The largest absolute Gasteiger partial charge is 0.467 e. The molecule has 0 saturated carbocycles. The summed E-state index contributed by atoms with van der Waals surface area (Å²) < 4.78 is 18.6. The van der Waals surface area contributed by atoms with Crippen LogP contribution in [-0.2, 0) is 4.79 Å². The summed E-state index contributed by atoms with van der Waals surface area (Å²) in [5, 5.41) is 5.84. The van der Waals surface area contributed by atoms with Gasteiger partial charge in [0.1, 0.15) is 11.6 Å². The molecule has 0 aliphatic rings. The number of carbonyl (C=O) groups excluding carboxylic acids is 1. The van der Waals surface area contributed by atoms with Crippen molar-refractivity contribution < 1.29 is 13.6 Å². The molecule has 3 aromatic rings. The lowest BCUT2D eigenvalue weighted by molar-refractivity contribution is -0.115. The molecule has 5 heteroatoms. The molecule has 24 heavy (non-hydrogen) atoms. The van der Waals surface area contributed by atoms with Crippen molar-refractivity contribution in [1.29, 1.82) is 0 Å². The molecule has 0 radical (unpaired) electrons. The van der Waals surface area contributed by atoms with Crippen molar-refractivity contribution in [2.45, 2.75) is 6.04 Å². The van der Waals surface area contributed by atoms with E-state index in [1.807, 2.05) is 36.4 Å². The van der Waals surface area contributed by atoms with E-state index in [1.54, 1.807) is 24.5 Å². The van der Waals surface area contributed by atoms with Gasteiger partial charge in [0.25, 0.3) is 0 Å². The van der Waals surface area contributed by atoms with Crippen molar-refractivity contribution in [3.05, 3.63) is 90.1 Å². The average Bonchev–Trinajstić information content (AvgIpc) is 3.10. The number of nitrogens with one attached hydrogen (secondary N) is 2. The van der Waals surface area contributed by atoms with Crippen LogP contribution in [0, 0.1) is 5.82 Å². The minimum atomic E-state index is -0.390. The van der Waals surface area contributed by atoms with Crippen molar-refractivity contribution in [3.63, 3.8) is 0 Å². The van der Waals surface area contributed by atoms with Gasteiger partial charge in [-0.15, -0.1) is 0 Å². The minimum absolute atomic E-state index is 0.0662. The molecule has 0 spiro atoms. The standard InChI is InChI=1S/C19H17FN2O2/c20-15-8-4-9-16(12-15)22-18(23)13-21-19(17-10-5-11-24-17)14-6-2-1-3-7-14/h1-12,19,21H,13H2,(H,22,23)/t19-/m0/s1. The Balaban J connectivity index is 1.67. The average molecular weight is 324 g/mol. The maximum atomic E-state index is 13.2. The van der Waals surface area contributed by atoms with Gasteiger partial charge in [-0.2, -0.15) is 0 Å². The van der Waals surface area contributed by atoms with Crippen molar-refractivity contribution in [2.75, 3.05) is 11.9 Å². The number of halogens is 1. The van der Waals surface area contributed by atoms with Crippen molar-refractivity contribution in [1.82, 2.24) is 5.32 Å². The number of anilines is 1. The zero-order chi connectivity index (χ0) is 16.8. The van der Waals surface area contributed by atoms with Crippen LogP contribution >= 0.6 is 0 Å². The highest BCUT2D eigenvalue weighted by molar-refractivity contribution is 5.92. The number of furan rings is 1. The second-order valence-electron chi connectivity index (χ2n) is 5.30. The predicted molar refractivity (Wildman–Crippen MR) is 90.0 cm³/mol. The van der Waals surface area contributed by atoms with Crippen LogP contribution in [0.5, 0.6) is 0 Å². The number of hydrogen-bond acceptors (Lipinski definition) is 3. The van der Waals surface area contributed by atoms with Crippen LogP contribution in [0.25, 0.3) is 0 Å². The first-order valence-corrected chi connectivity index (χ1v) is 7.59. The Morgan fingerprint density at radius 3 is 2.58 bits per heavy atom. The second kappa shape index (κ2) is 7.57. The van der Waals surface area contributed by atoms with Crippen LogP contribution in [0.1, 0.15) is 17.4 Å². The molecule has 122 valence electrons. The smallest absolute Gasteiger partial charge is 0.238 e. The normalized spacial score (nSPS) is 11.9. The van der Waals surface area contributed by atoms with Crippen LogP contribution in [0.2, 0.25) is 0 Å². The van der Waals surface area contributed by atoms with Crippen molar-refractivity contribution in [2.24, 2.45) is 0 Å². The Morgan fingerprint density at radius 1 is 1.04 bits per heavy atom. The molecule has 3 rings (SSSR count). The third kappa shape index (κ3) is 4.08. The Labute approximate surface area is 139 Å². The van der Waals surface area contributed by atoms with Crippen LogP contribution in [0.3, 0.4) is 0 Å². The molecule has 0 aliphatic carbocycles. The molecule has 1 amide bonds. The summed E-state index contributed by atoms with van der Waals surface area (Å²) in [7, 11) is 0. The van der Waals surface area contributed by atoms with E-state index in [9.17, 15) is 9.18 Å². The van der Waals surface area contributed by atoms with Crippen LogP contribution in [-0.4, -0.2) is 12.5 Å². The monoisotopic (exact) mass is 324 g/mol. The van der Waals surface area contributed by atoms with Crippen molar-refractivity contribution >= 4 is 11.6 Å². The highest BCUT2D eigenvalue weighted by Crippen LogP contribution is 2.22. The first-order valence-electron chi connectivity index (χ1n) is 7.59. The van der Waals surface area contributed by atoms with Crippen LogP contribution in [0.4, 0.5) is 10.1 Å². The van der Waals surface area contributed by atoms with E-state index in [0.29, 0.717) is 5.69 Å². The number of carbonyl (C=O) groups is 1. The van der Waals surface area contributed by atoms with Gasteiger partial charge in [-0.1, -0.05) is 36.4 Å². The molecular weight excluding hydrogens is 307 g/mol. The van der Waals surface area contributed by atoms with Gasteiger partial charge in [0.05, 0.1) is 18.8 Å². The lowest BCUT2D eigenvalue weighted by atomic mass is 10.0. The first-order chi connectivity index (χ1) is 11.7. The molecule has 2 aromatic carbocycles. The summed E-state index contributed by atoms with van der Waals surface area (Å²) in [5.74, 6) is 0.0753. The SMILES string of the molecule is O=C(CN[C@@H](c1ccccc1)c1ccco1)Nc1cccc(F)c1. The molecular formula is C19H17FN2O2. The number of amides is 1. The Bertz CT molecular complexity index is 788. The number of hydrogen-bond donors (Lipinski definition) is 2. The molecule has 0 unspecified atom stereocenters. The maximum absolute atomic E-state index is 13.2. The van der Waals surface area contributed by atoms with Crippen LogP contribution < -0.4 is 10.6 Å². The summed E-state index contributed by atoms with van der Waals surface area (Å²) in [5.41, 5.74) is 1.42. The summed E-state index contributed by atoms with van der Waals surface area (Å²) >= 11 is 0. The van der Waals surface area contributed by atoms with E-state index in [0.717, 1.165) is 11.3 Å².